The Labute approximate surface area is 261 Å². The number of rotatable bonds is 3. The van der Waals surface area contributed by atoms with Crippen molar-refractivity contribution in [3.63, 3.8) is 0 Å². The van der Waals surface area contributed by atoms with Gasteiger partial charge in [0, 0.05) is 5.41 Å². The summed E-state index contributed by atoms with van der Waals surface area (Å²) in [6.07, 6.45) is 1.25. The third-order valence-corrected chi connectivity index (χ3v) is 9.10. The normalized spacial score (nSPS) is 12.8. The Kier molecular flexibility index (Phi) is 7.15. The smallest absolute Gasteiger partial charge is 0.0159 e. The molecule has 0 aliphatic heterocycles. The molecule has 7 aromatic rings. The minimum absolute atomic E-state index is 0.0139. The van der Waals surface area contributed by atoms with E-state index in [2.05, 4.69) is 173 Å². The van der Waals surface area contributed by atoms with Gasteiger partial charge in [0.2, 0.25) is 0 Å². The second kappa shape index (κ2) is 11.3. The molecule has 0 radical (unpaired) electrons. The van der Waals surface area contributed by atoms with Crippen molar-refractivity contribution in [2.45, 2.75) is 39.5 Å². The minimum Gasteiger partial charge on any atom is -0.0656 e. The van der Waals surface area contributed by atoms with Crippen LogP contribution in [-0.2, 0) is 5.41 Å². The van der Waals surface area contributed by atoms with E-state index >= 15 is 0 Å². The van der Waals surface area contributed by atoms with Crippen molar-refractivity contribution in [3.05, 3.63) is 157 Å². The van der Waals surface area contributed by atoms with Crippen LogP contribution in [0.15, 0.2) is 146 Å². The van der Waals surface area contributed by atoms with Crippen LogP contribution in [-0.4, -0.2) is 0 Å². The first-order valence-corrected chi connectivity index (χ1v) is 15.9. The van der Waals surface area contributed by atoms with E-state index in [0.29, 0.717) is 0 Å². The van der Waals surface area contributed by atoms with E-state index in [9.17, 15) is 0 Å². The second-order valence-electron chi connectivity index (χ2n) is 12.5. The van der Waals surface area contributed by atoms with Gasteiger partial charge in [-0.15, -0.1) is 0 Å². The van der Waals surface area contributed by atoms with Crippen LogP contribution >= 0.6 is 0 Å². The van der Waals surface area contributed by atoms with Crippen molar-refractivity contribution < 1.29 is 0 Å². The SMILES string of the molecule is CC1(C)c2ccccc2-c2ccc(-c3ccc(-c4ccc(-c5cc6ccccc6c6ccccc56)cc4)cc3)cc21.CCC. The predicted molar refractivity (Wildman–Crippen MR) is 191 cm³/mol. The van der Waals surface area contributed by atoms with Crippen LogP contribution in [0.5, 0.6) is 0 Å². The van der Waals surface area contributed by atoms with Gasteiger partial charge in [0.25, 0.3) is 0 Å². The highest BCUT2D eigenvalue weighted by molar-refractivity contribution is 6.13. The highest BCUT2D eigenvalue weighted by Gasteiger charge is 2.35. The lowest BCUT2D eigenvalue weighted by atomic mass is 9.81. The Morgan fingerprint density at radius 3 is 1.55 bits per heavy atom. The molecule has 0 nitrogen and oxygen atoms in total. The molecular weight excluding hydrogens is 528 g/mol. The fourth-order valence-electron chi connectivity index (χ4n) is 6.87. The molecule has 0 spiro atoms. The van der Waals surface area contributed by atoms with Gasteiger partial charge in [-0.1, -0.05) is 168 Å². The van der Waals surface area contributed by atoms with Gasteiger partial charge in [-0.05, 0) is 89.3 Å². The Balaban J connectivity index is 0.00000100. The molecule has 0 fully saturated rings. The molecule has 0 atom stereocenters. The van der Waals surface area contributed by atoms with E-state index in [4.69, 9.17) is 0 Å². The largest absolute Gasteiger partial charge is 0.0656 e. The van der Waals surface area contributed by atoms with Crippen molar-refractivity contribution in [2.75, 3.05) is 0 Å². The second-order valence-corrected chi connectivity index (χ2v) is 12.5. The zero-order valence-electron chi connectivity index (χ0n) is 26.1. The molecule has 0 heterocycles. The summed E-state index contributed by atoms with van der Waals surface area (Å²) in [5.41, 5.74) is 13.1. The molecule has 214 valence electrons. The first kappa shape index (κ1) is 27.9. The van der Waals surface area contributed by atoms with Gasteiger partial charge in [0.1, 0.15) is 0 Å². The molecule has 0 unspecified atom stereocenters. The van der Waals surface area contributed by atoms with Crippen LogP contribution in [0.4, 0.5) is 0 Å². The monoisotopic (exact) mass is 566 g/mol. The molecule has 8 rings (SSSR count). The summed E-state index contributed by atoms with van der Waals surface area (Å²) in [5.74, 6) is 0. The summed E-state index contributed by atoms with van der Waals surface area (Å²) in [6.45, 7) is 8.93. The molecule has 0 saturated heterocycles. The Hall–Kier alpha value is -4.94. The molecule has 0 amide bonds. The Morgan fingerprint density at radius 2 is 0.864 bits per heavy atom. The van der Waals surface area contributed by atoms with Crippen LogP contribution in [0, 0.1) is 0 Å². The summed E-state index contributed by atoms with van der Waals surface area (Å²) in [6, 6.07) is 53.6. The third kappa shape index (κ3) is 4.72. The molecule has 7 aromatic carbocycles. The number of hydrogen-bond acceptors (Lipinski definition) is 0. The van der Waals surface area contributed by atoms with Gasteiger partial charge < -0.3 is 0 Å². The molecule has 1 aliphatic carbocycles. The molecular formula is C44H38. The van der Waals surface area contributed by atoms with Crippen LogP contribution in [0.1, 0.15) is 45.2 Å². The van der Waals surface area contributed by atoms with Crippen molar-refractivity contribution in [2.24, 2.45) is 0 Å². The van der Waals surface area contributed by atoms with Crippen molar-refractivity contribution >= 4 is 21.5 Å². The summed E-state index contributed by atoms with van der Waals surface area (Å²) in [4.78, 5) is 0. The van der Waals surface area contributed by atoms with Crippen LogP contribution in [0.25, 0.3) is 66.1 Å². The maximum Gasteiger partial charge on any atom is 0.0159 e. The lowest BCUT2D eigenvalue weighted by Gasteiger charge is -2.22. The van der Waals surface area contributed by atoms with Crippen LogP contribution in [0.3, 0.4) is 0 Å². The Morgan fingerprint density at radius 1 is 0.386 bits per heavy atom. The maximum absolute atomic E-state index is 2.40. The molecule has 1 aliphatic rings. The zero-order valence-corrected chi connectivity index (χ0v) is 26.1. The fraction of sp³-hybridized carbons (Fsp3) is 0.136. The highest BCUT2D eigenvalue weighted by atomic mass is 14.4. The lowest BCUT2D eigenvalue weighted by Crippen LogP contribution is -2.14. The molecule has 0 saturated carbocycles. The van der Waals surface area contributed by atoms with E-state index in [-0.39, 0.29) is 5.41 Å². The average molecular weight is 567 g/mol. The summed E-state index contributed by atoms with van der Waals surface area (Å²) in [7, 11) is 0. The predicted octanol–water partition coefficient (Wildman–Crippen LogP) is 12.7. The van der Waals surface area contributed by atoms with Gasteiger partial charge >= 0.3 is 0 Å². The quantitative estimate of drug-likeness (QED) is 0.187. The van der Waals surface area contributed by atoms with Gasteiger partial charge in [-0.3, -0.25) is 0 Å². The van der Waals surface area contributed by atoms with E-state index < -0.39 is 0 Å². The van der Waals surface area contributed by atoms with Crippen LogP contribution in [0.2, 0.25) is 0 Å². The molecule has 0 aromatic heterocycles. The van der Waals surface area contributed by atoms with Crippen molar-refractivity contribution in [3.8, 4) is 44.5 Å². The van der Waals surface area contributed by atoms with Gasteiger partial charge in [-0.25, -0.2) is 0 Å². The minimum atomic E-state index is 0.0139. The van der Waals surface area contributed by atoms with Crippen molar-refractivity contribution in [1.82, 2.24) is 0 Å². The molecule has 0 N–H and O–H groups in total. The van der Waals surface area contributed by atoms with E-state index in [1.165, 1.54) is 83.6 Å². The lowest BCUT2D eigenvalue weighted by molar-refractivity contribution is 0.660. The molecule has 44 heavy (non-hydrogen) atoms. The van der Waals surface area contributed by atoms with Crippen molar-refractivity contribution in [1.29, 1.82) is 0 Å². The Bertz CT molecular complexity index is 2110. The van der Waals surface area contributed by atoms with E-state index in [1.807, 2.05) is 0 Å². The van der Waals surface area contributed by atoms with Gasteiger partial charge in [0.15, 0.2) is 0 Å². The summed E-state index contributed by atoms with van der Waals surface area (Å²) < 4.78 is 0. The highest BCUT2D eigenvalue weighted by Crippen LogP contribution is 2.49. The standard InChI is InChI=1S/C41H30.C3H8/c1-41(2)39-14-8-7-13-36(39)37-24-23-31(26-40(37)41)29-17-15-27(16-18-29)28-19-21-30(22-20-28)38-25-32-9-3-4-10-33(32)34-11-5-6-12-35(34)38;1-3-2/h3-26H,1-2H3;3H2,1-2H3. The summed E-state index contributed by atoms with van der Waals surface area (Å²) in [5, 5.41) is 5.18. The maximum atomic E-state index is 2.40. The van der Waals surface area contributed by atoms with Gasteiger partial charge in [0.05, 0.1) is 0 Å². The molecule has 0 heteroatoms. The van der Waals surface area contributed by atoms with E-state index in [0.717, 1.165) is 0 Å². The average Bonchev–Trinajstić information content (AvgIpc) is 3.31. The van der Waals surface area contributed by atoms with Gasteiger partial charge in [-0.2, -0.15) is 0 Å². The zero-order chi connectivity index (χ0) is 30.3. The third-order valence-electron chi connectivity index (χ3n) is 9.10. The van der Waals surface area contributed by atoms with Crippen LogP contribution < -0.4 is 0 Å². The number of hydrogen-bond donors (Lipinski definition) is 0. The topological polar surface area (TPSA) is 0 Å². The van der Waals surface area contributed by atoms with E-state index in [1.54, 1.807) is 0 Å². The first-order valence-electron chi connectivity index (χ1n) is 15.9. The first-order chi connectivity index (χ1) is 21.5. The number of benzene rings is 7. The molecule has 0 bridgehead atoms. The fourth-order valence-corrected chi connectivity index (χ4v) is 6.87. The summed E-state index contributed by atoms with van der Waals surface area (Å²) >= 11 is 0. The number of fused-ring (bicyclic) bond motifs is 6.